The van der Waals surface area contributed by atoms with E-state index in [0.717, 1.165) is 18.5 Å². The zero-order chi connectivity index (χ0) is 9.47. The first-order chi connectivity index (χ1) is 6.07. The van der Waals surface area contributed by atoms with Crippen LogP contribution < -0.4 is 5.32 Å². The molecule has 0 fully saturated rings. The van der Waals surface area contributed by atoms with Gasteiger partial charge in [0.1, 0.15) is 5.75 Å². The van der Waals surface area contributed by atoms with E-state index in [0.29, 0.717) is 5.75 Å². The molecule has 0 saturated carbocycles. The van der Waals surface area contributed by atoms with Gasteiger partial charge >= 0.3 is 0 Å². The molecule has 2 heteroatoms. The van der Waals surface area contributed by atoms with Gasteiger partial charge in [0.25, 0.3) is 0 Å². The second kappa shape index (κ2) is 2.66. The summed E-state index contributed by atoms with van der Waals surface area (Å²) in [6.07, 6.45) is 2.16. The molecule has 2 nitrogen and oxygen atoms in total. The third-order valence-corrected chi connectivity index (χ3v) is 2.58. The number of anilines is 1. The Morgan fingerprint density at radius 3 is 2.92 bits per heavy atom. The van der Waals surface area contributed by atoms with E-state index in [9.17, 15) is 5.11 Å². The minimum absolute atomic E-state index is 0.184. The number of aryl methyl sites for hydroxylation is 1. The molecule has 0 radical (unpaired) electrons. The maximum absolute atomic E-state index is 9.29. The molecule has 70 valence electrons. The van der Waals surface area contributed by atoms with Gasteiger partial charge in [0, 0.05) is 11.2 Å². The van der Waals surface area contributed by atoms with E-state index in [1.807, 2.05) is 12.1 Å². The van der Waals surface area contributed by atoms with E-state index in [1.54, 1.807) is 6.07 Å². The number of hydrogen-bond donors (Lipinski definition) is 2. The lowest BCUT2D eigenvalue weighted by Crippen LogP contribution is -2.35. The maximum atomic E-state index is 9.29. The van der Waals surface area contributed by atoms with Crippen LogP contribution in [0.1, 0.15) is 25.8 Å². The zero-order valence-electron chi connectivity index (χ0n) is 8.09. The lowest BCUT2D eigenvalue weighted by atomic mass is 9.89. The van der Waals surface area contributed by atoms with Gasteiger partial charge in [0.05, 0.1) is 0 Å². The molecular formula is C11H15NO. The fourth-order valence-corrected chi connectivity index (χ4v) is 1.78. The predicted octanol–water partition coefficient (Wildman–Crippen LogP) is 2.53. The van der Waals surface area contributed by atoms with Crippen molar-refractivity contribution in [3.8, 4) is 5.75 Å². The van der Waals surface area contributed by atoms with Crippen molar-refractivity contribution in [3.05, 3.63) is 23.8 Å². The SMILES string of the molecule is CC1(C)CCc2cc(O)ccc2N1. The van der Waals surface area contributed by atoms with Crippen molar-refractivity contribution in [2.45, 2.75) is 32.2 Å². The van der Waals surface area contributed by atoms with Gasteiger partial charge in [-0.15, -0.1) is 0 Å². The summed E-state index contributed by atoms with van der Waals surface area (Å²) in [5.41, 5.74) is 2.57. The number of aromatic hydroxyl groups is 1. The largest absolute Gasteiger partial charge is 0.508 e. The number of rotatable bonds is 0. The highest BCUT2D eigenvalue weighted by Crippen LogP contribution is 2.32. The van der Waals surface area contributed by atoms with Crippen molar-refractivity contribution < 1.29 is 5.11 Å². The Morgan fingerprint density at radius 2 is 2.15 bits per heavy atom. The Balaban J connectivity index is 2.37. The Bertz CT molecular complexity index is 331. The molecule has 0 saturated heterocycles. The summed E-state index contributed by atoms with van der Waals surface area (Å²) in [5.74, 6) is 0.361. The van der Waals surface area contributed by atoms with Crippen LogP contribution in [0, 0.1) is 0 Å². The highest BCUT2D eigenvalue weighted by atomic mass is 16.3. The van der Waals surface area contributed by atoms with Crippen LogP contribution in [0.5, 0.6) is 5.75 Å². The standard InChI is InChI=1S/C11H15NO/c1-11(2)6-5-8-7-9(13)3-4-10(8)12-11/h3-4,7,12-13H,5-6H2,1-2H3. The number of fused-ring (bicyclic) bond motifs is 1. The van der Waals surface area contributed by atoms with Crippen molar-refractivity contribution >= 4 is 5.69 Å². The topological polar surface area (TPSA) is 32.3 Å². The average molecular weight is 177 g/mol. The van der Waals surface area contributed by atoms with E-state index < -0.39 is 0 Å². The average Bonchev–Trinajstić information content (AvgIpc) is 2.05. The first-order valence-corrected chi connectivity index (χ1v) is 4.67. The van der Waals surface area contributed by atoms with Crippen LogP contribution in [-0.4, -0.2) is 10.6 Å². The molecule has 1 aromatic rings. The molecule has 0 aromatic heterocycles. The van der Waals surface area contributed by atoms with Crippen LogP contribution in [0.25, 0.3) is 0 Å². The minimum atomic E-state index is 0.184. The van der Waals surface area contributed by atoms with Crippen molar-refractivity contribution in [1.29, 1.82) is 0 Å². The van der Waals surface area contributed by atoms with Gasteiger partial charge in [-0.05, 0) is 50.5 Å². The number of benzene rings is 1. The van der Waals surface area contributed by atoms with Crippen molar-refractivity contribution in [2.24, 2.45) is 0 Å². The highest BCUT2D eigenvalue weighted by Gasteiger charge is 2.23. The summed E-state index contributed by atoms with van der Waals surface area (Å²) < 4.78 is 0. The molecule has 0 spiro atoms. The van der Waals surface area contributed by atoms with Gasteiger partial charge in [-0.2, -0.15) is 0 Å². The van der Waals surface area contributed by atoms with Gasteiger partial charge in [-0.1, -0.05) is 0 Å². The van der Waals surface area contributed by atoms with Crippen LogP contribution in [0.4, 0.5) is 5.69 Å². The summed E-state index contributed by atoms with van der Waals surface area (Å²) in [5, 5.41) is 12.7. The third kappa shape index (κ3) is 1.62. The van der Waals surface area contributed by atoms with Crippen LogP contribution in [0.2, 0.25) is 0 Å². The monoisotopic (exact) mass is 177 g/mol. The Labute approximate surface area is 78.6 Å². The summed E-state index contributed by atoms with van der Waals surface area (Å²) in [6, 6.07) is 5.52. The minimum Gasteiger partial charge on any atom is -0.508 e. The zero-order valence-corrected chi connectivity index (χ0v) is 8.09. The van der Waals surface area contributed by atoms with E-state index in [2.05, 4.69) is 19.2 Å². The highest BCUT2D eigenvalue weighted by molar-refractivity contribution is 5.57. The first kappa shape index (κ1) is 8.42. The molecule has 0 aliphatic carbocycles. The van der Waals surface area contributed by atoms with Gasteiger partial charge in [0.15, 0.2) is 0 Å². The molecule has 0 atom stereocenters. The molecule has 13 heavy (non-hydrogen) atoms. The van der Waals surface area contributed by atoms with E-state index >= 15 is 0 Å². The van der Waals surface area contributed by atoms with Crippen molar-refractivity contribution in [1.82, 2.24) is 0 Å². The lowest BCUT2D eigenvalue weighted by Gasteiger charge is -2.33. The molecule has 1 aliphatic heterocycles. The molecular weight excluding hydrogens is 162 g/mol. The van der Waals surface area contributed by atoms with Gasteiger partial charge in [-0.25, -0.2) is 0 Å². The fourth-order valence-electron chi connectivity index (χ4n) is 1.78. The van der Waals surface area contributed by atoms with Gasteiger partial charge < -0.3 is 10.4 Å². The number of hydrogen-bond acceptors (Lipinski definition) is 2. The molecule has 1 heterocycles. The van der Waals surface area contributed by atoms with Crippen LogP contribution in [-0.2, 0) is 6.42 Å². The third-order valence-electron chi connectivity index (χ3n) is 2.58. The van der Waals surface area contributed by atoms with Gasteiger partial charge in [0.2, 0.25) is 0 Å². The number of phenols is 1. The molecule has 2 N–H and O–H groups in total. The molecule has 0 bridgehead atoms. The summed E-state index contributed by atoms with van der Waals surface area (Å²) >= 11 is 0. The molecule has 2 rings (SSSR count). The van der Waals surface area contributed by atoms with E-state index in [1.165, 1.54) is 5.56 Å². The summed E-state index contributed by atoms with van der Waals surface area (Å²) in [6.45, 7) is 4.39. The molecule has 1 aliphatic rings. The van der Waals surface area contributed by atoms with Crippen molar-refractivity contribution in [2.75, 3.05) is 5.32 Å². The van der Waals surface area contributed by atoms with Crippen molar-refractivity contribution in [3.63, 3.8) is 0 Å². The summed E-state index contributed by atoms with van der Waals surface area (Å²) in [7, 11) is 0. The molecule has 0 unspecified atom stereocenters. The molecule has 1 aromatic carbocycles. The van der Waals surface area contributed by atoms with Crippen LogP contribution in [0.3, 0.4) is 0 Å². The Kier molecular flexibility index (Phi) is 1.72. The normalized spacial score (nSPS) is 18.9. The second-order valence-electron chi connectivity index (χ2n) is 4.35. The Morgan fingerprint density at radius 1 is 1.38 bits per heavy atom. The predicted molar refractivity (Wildman–Crippen MR) is 54.1 cm³/mol. The smallest absolute Gasteiger partial charge is 0.116 e. The maximum Gasteiger partial charge on any atom is 0.116 e. The quantitative estimate of drug-likeness (QED) is 0.597. The fraction of sp³-hybridized carbons (Fsp3) is 0.455. The second-order valence-corrected chi connectivity index (χ2v) is 4.35. The van der Waals surface area contributed by atoms with Gasteiger partial charge in [-0.3, -0.25) is 0 Å². The number of phenolic OH excluding ortho intramolecular Hbond substituents is 1. The molecule has 0 amide bonds. The van der Waals surface area contributed by atoms with E-state index in [4.69, 9.17) is 0 Å². The van der Waals surface area contributed by atoms with Crippen LogP contribution in [0.15, 0.2) is 18.2 Å². The first-order valence-electron chi connectivity index (χ1n) is 4.67. The number of nitrogens with one attached hydrogen (secondary N) is 1. The lowest BCUT2D eigenvalue weighted by molar-refractivity contribution is 0.469. The Hall–Kier alpha value is -1.18. The van der Waals surface area contributed by atoms with Crippen LogP contribution >= 0.6 is 0 Å². The van der Waals surface area contributed by atoms with E-state index in [-0.39, 0.29) is 5.54 Å². The summed E-state index contributed by atoms with van der Waals surface area (Å²) in [4.78, 5) is 0.